The first-order chi connectivity index (χ1) is 10.2. The molecule has 6 heteroatoms. The summed E-state index contributed by atoms with van der Waals surface area (Å²) in [4.78, 5) is 10.5. The highest BCUT2D eigenvalue weighted by molar-refractivity contribution is 5.11. The highest BCUT2D eigenvalue weighted by Gasteiger charge is 2.14. The van der Waals surface area contributed by atoms with Gasteiger partial charge >= 0.3 is 6.01 Å². The molecule has 0 saturated carbocycles. The molecule has 0 aliphatic carbocycles. The largest absolute Gasteiger partial charge is 0.481 e. The summed E-state index contributed by atoms with van der Waals surface area (Å²) in [5, 5.41) is 0. The molecule has 6 nitrogen and oxygen atoms in total. The maximum Gasteiger partial charge on any atom is 0.319 e. The Morgan fingerprint density at radius 3 is 2.90 bits per heavy atom. The summed E-state index contributed by atoms with van der Waals surface area (Å²) in [5.74, 6) is 0.496. The van der Waals surface area contributed by atoms with E-state index >= 15 is 0 Å². The molecule has 1 aromatic rings. The fourth-order valence-electron chi connectivity index (χ4n) is 1.82. The Hall–Kier alpha value is -1.66. The predicted molar refractivity (Wildman–Crippen MR) is 81.8 cm³/mol. The Morgan fingerprint density at radius 2 is 2.24 bits per heavy atom. The first-order valence-electron chi connectivity index (χ1n) is 7.01. The Morgan fingerprint density at radius 1 is 1.43 bits per heavy atom. The number of ether oxygens (including phenoxy) is 3. The van der Waals surface area contributed by atoms with Gasteiger partial charge in [0.25, 0.3) is 0 Å². The number of rotatable bonds is 11. The predicted octanol–water partition coefficient (Wildman–Crippen LogP) is 1.78. The summed E-state index contributed by atoms with van der Waals surface area (Å²) in [6.07, 6.45) is 5.25. The second-order valence-electron chi connectivity index (χ2n) is 4.74. The monoisotopic (exact) mass is 295 g/mol. The van der Waals surface area contributed by atoms with Crippen LogP contribution in [0.4, 0.5) is 0 Å². The van der Waals surface area contributed by atoms with Crippen LogP contribution < -0.4 is 9.47 Å². The van der Waals surface area contributed by atoms with Crippen molar-refractivity contribution in [3.63, 3.8) is 0 Å². The van der Waals surface area contributed by atoms with E-state index in [0.717, 1.165) is 25.9 Å². The number of nitrogens with zero attached hydrogens (tertiary/aromatic N) is 3. The second-order valence-corrected chi connectivity index (χ2v) is 4.74. The van der Waals surface area contributed by atoms with Crippen molar-refractivity contribution < 1.29 is 14.2 Å². The summed E-state index contributed by atoms with van der Waals surface area (Å²) in [6.45, 7) is 6.08. The number of methoxy groups -OCH3 is 2. The molecule has 1 unspecified atom stereocenters. The lowest BCUT2D eigenvalue weighted by molar-refractivity contribution is 0.106. The molecule has 1 aromatic heterocycles. The summed E-state index contributed by atoms with van der Waals surface area (Å²) in [5.41, 5.74) is 0. The fourth-order valence-corrected chi connectivity index (χ4v) is 1.82. The third-order valence-electron chi connectivity index (χ3n) is 2.97. The van der Waals surface area contributed by atoms with Gasteiger partial charge in [0.05, 0.1) is 13.7 Å². The Bertz CT molecular complexity index is 415. The molecule has 21 heavy (non-hydrogen) atoms. The average molecular weight is 295 g/mol. The molecular formula is C15H25N3O3. The number of hydrogen-bond acceptors (Lipinski definition) is 6. The van der Waals surface area contributed by atoms with Gasteiger partial charge in [0.2, 0.25) is 5.88 Å². The molecule has 0 N–H and O–H groups in total. The smallest absolute Gasteiger partial charge is 0.319 e. The molecule has 0 bridgehead atoms. The molecule has 0 radical (unpaired) electrons. The van der Waals surface area contributed by atoms with E-state index in [-0.39, 0.29) is 6.10 Å². The lowest BCUT2D eigenvalue weighted by Gasteiger charge is -2.23. The van der Waals surface area contributed by atoms with Crippen molar-refractivity contribution in [3.8, 4) is 11.9 Å². The van der Waals surface area contributed by atoms with Crippen LogP contribution in [0.1, 0.15) is 12.8 Å². The Kier molecular flexibility index (Phi) is 8.38. The quantitative estimate of drug-likeness (QED) is 0.580. The van der Waals surface area contributed by atoms with Crippen LogP contribution in [0.2, 0.25) is 0 Å². The van der Waals surface area contributed by atoms with Crippen LogP contribution in [0.5, 0.6) is 11.9 Å². The molecule has 1 heterocycles. The van der Waals surface area contributed by atoms with Gasteiger partial charge in [-0.05, 0) is 19.9 Å². The highest BCUT2D eigenvalue weighted by atomic mass is 16.5. The molecule has 1 atom stereocenters. The summed E-state index contributed by atoms with van der Waals surface area (Å²) < 4.78 is 16.0. The van der Waals surface area contributed by atoms with Crippen LogP contribution in [0.3, 0.4) is 0 Å². The van der Waals surface area contributed by atoms with Crippen molar-refractivity contribution in [1.82, 2.24) is 14.9 Å². The van der Waals surface area contributed by atoms with Crippen molar-refractivity contribution >= 4 is 0 Å². The molecule has 0 saturated heterocycles. The molecule has 0 aliphatic rings. The topological polar surface area (TPSA) is 56.7 Å². The van der Waals surface area contributed by atoms with E-state index in [1.54, 1.807) is 26.5 Å². The van der Waals surface area contributed by atoms with Crippen molar-refractivity contribution in [2.45, 2.75) is 18.9 Å². The fraction of sp³-hybridized carbons (Fsp3) is 0.600. The summed E-state index contributed by atoms with van der Waals surface area (Å²) in [7, 11) is 5.30. The maximum absolute atomic E-state index is 5.88. The van der Waals surface area contributed by atoms with Crippen molar-refractivity contribution in [3.05, 3.63) is 24.9 Å². The zero-order chi connectivity index (χ0) is 15.5. The van der Waals surface area contributed by atoms with Crippen molar-refractivity contribution in [1.29, 1.82) is 0 Å². The maximum atomic E-state index is 5.88. The van der Waals surface area contributed by atoms with Gasteiger partial charge < -0.3 is 19.1 Å². The van der Waals surface area contributed by atoms with E-state index in [4.69, 9.17) is 14.2 Å². The number of likely N-dealkylation sites (N-methyl/N-ethyl adjacent to an activating group) is 1. The van der Waals surface area contributed by atoms with Gasteiger partial charge in [0, 0.05) is 32.5 Å². The standard InChI is InChI=1S/C15H25N3O3/c1-5-6-7-13(12-18(2)10-11-19-3)21-15-16-9-8-14(17-15)20-4/h5,8-9,13H,1,6-7,10-12H2,2-4H3. The Labute approximate surface area is 126 Å². The van der Waals surface area contributed by atoms with Crippen molar-refractivity contribution in [2.75, 3.05) is 41.0 Å². The number of aromatic nitrogens is 2. The van der Waals surface area contributed by atoms with E-state index in [9.17, 15) is 0 Å². The van der Waals surface area contributed by atoms with Crippen LogP contribution in [0, 0.1) is 0 Å². The van der Waals surface area contributed by atoms with Crippen LogP contribution in [-0.4, -0.2) is 61.9 Å². The third-order valence-corrected chi connectivity index (χ3v) is 2.97. The third kappa shape index (κ3) is 7.06. The number of hydrogen-bond donors (Lipinski definition) is 0. The SMILES string of the molecule is C=CCCC(CN(C)CCOC)Oc1nccc(OC)n1. The van der Waals surface area contributed by atoms with E-state index in [2.05, 4.69) is 21.4 Å². The molecule has 0 aliphatic heterocycles. The number of allylic oxidation sites excluding steroid dienone is 1. The van der Waals surface area contributed by atoms with Gasteiger partial charge in [-0.1, -0.05) is 6.08 Å². The molecule has 0 spiro atoms. The molecular weight excluding hydrogens is 270 g/mol. The molecule has 0 amide bonds. The van der Waals surface area contributed by atoms with Crippen LogP contribution >= 0.6 is 0 Å². The van der Waals surface area contributed by atoms with E-state index in [0.29, 0.717) is 18.5 Å². The second kappa shape index (κ2) is 10.1. The summed E-state index contributed by atoms with van der Waals surface area (Å²) in [6, 6.07) is 2.03. The van der Waals surface area contributed by atoms with Gasteiger partial charge in [-0.3, -0.25) is 0 Å². The zero-order valence-electron chi connectivity index (χ0n) is 13.1. The van der Waals surface area contributed by atoms with Crippen LogP contribution in [0.25, 0.3) is 0 Å². The Balaban J connectivity index is 2.61. The molecule has 0 aromatic carbocycles. The van der Waals surface area contributed by atoms with Crippen LogP contribution in [0.15, 0.2) is 24.9 Å². The first kappa shape index (κ1) is 17.4. The van der Waals surface area contributed by atoms with Gasteiger partial charge in [0.15, 0.2) is 0 Å². The minimum absolute atomic E-state index is 0.00281. The van der Waals surface area contributed by atoms with E-state index in [1.165, 1.54) is 0 Å². The minimum atomic E-state index is -0.00281. The average Bonchev–Trinajstić information content (AvgIpc) is 2.50. The summed E-state index contributed by atoms with van der Waals surface area (Å²) >= 11 is 0. The van der Waals surface area contributed by atoms with E-state index in [1.807, 2.05) is 13.1 Å². The molecule has 1 rings (SSSR count). The van der Waals surface area contributed by atoms with E-state index < -0.39 is 0 Å². The van der Waals surface area contributed by atoms with Gasteiger partial charge in [-0.25, -0.2) is 4.98 Å². The lowest BCUT2D eigenvalue weighted by Crippen LogP contribution is -2.35. The molecule has 118 valence electrons. The minimum Gasteiger partial charge on any atom is -0.481 e. The highest BCUT2D eigenvalue weighted by Crippen LogP contribution is 2.13. The van der Waals surface area contributed by atoms with Crippen molar-refractivity contribution in [2.24, 2.45) is 0 Å². The zero-order valence-corrected chi connectivity index (χ0v) is 13.1. The van der Waals surface area contributed by atoms with Crippen LogP contribution in [-0.2, 0) is 4.74 Å². The van der Waals surface area contributed by atoms with Gasteiger partial charge in [0.1, 0.15) is 6.10 Å². The lowest BCUT2D eigenvalue weighted by atomic mass is 10.2. The molecule has 0 fully saturated rings. The van der Waals surface area contributed by atoms with Gasteiger partial charge in [-0.2, -0.15) is 4.98 Å². The normalized spacial score (nSPS) is 12.2. The first-order valence-corrected chi connectivity index (χ1v) is 7.01. The van der Waals surface area contributed by atoms with Gasteiger partial charge in [-0.15, -0.1) is 6.58 Å².